The average molecular weight is 1620 g/mol. The van der Waals surface area contributed by atoms with Crippen LogP contribution in [0.15, 0.2) is 133 Å². The minimum absolute atomic E-state index is 0.547. The normalized spacial score (nSPS) is 13.6. The van der Waals surface area contributed by atoms with E-state index in [-0.39, 0.29) is 0 Å². The molecule has 5 aromatic heterocycles. The molecular weight excluding hydrogens is 1410 g/mol. The molecule has 0 bridgehead atoms. The highest BCUT2D eigenvalue weighted by Gasteiger charge is 2.24. The number of piperidine rings is 1. The molecule has 0 spiro atoms. The van der Waals surface area contributed by atoms with Gasteiger partial charge in [-0.2, -0.15) is 0 Å². The Labute approximate surface area is 722 Å². The summed E-state index contributed by atoms with van der Waals surface area (Å²) in [7, 11) is 0. The third-order valence-electron chi connectivity index (χ3n) is 18.2. The summed E-state index contributed by atoms with van der Waals surface area (Å²) in [5.41, 5.74) is 7.10. The zero-order valence-corrected chi connectivity index (χ0v) is 86.2. The van der Waals surface area contributed by atoms with Gasteiger partial charge in [-0.15, -0.1) is 22.7 Å². The van der Waals surface area contributed by atoms with Crippen LogP contribution in [0.2, 0.25) is 0 Å². The minimum Gasteiger partial charge on any atom is -0.317 e. The predicted octanol–water partition coefficient (Wildman–Crippen LogP) is 36.5. The van der Waals surface area contributed by atoms with E-state index in [1.165, 1.54) is 136 Å². The Morgan fingerprint density at radius 1 is 0.274 bits per heavy atom. The van der Waals surface area contributed by atoms with Crippen LogP contribution in [0.4, 0.5) is 0 Å². The van der Waals surface area contributed by atoms with Crippen LogP contribution in [-0.2, 0) is 0 Å². The highest BCUT2D eigenvalue weighted by atomic mass is 32.1. The Balaban J connectivity index is -0.000000110. The van der Waals surface area contributed by atoms with E-state index in [9.17, 15) is 0 Å². The van der Waals surface area contributed by atoms with Crippen molar-refractivity contribution in [2.75, 3.05) is 26.2 Å². The fourth-order valence-electron chi connectivity index (χ4n) is 10.6. The first-order valence-corrected chi connectivity index (χ1v) is 49.2. The molecule has 8 heteroatoms. The molecule has 2 aliphatic heterocycles. The number of nitrogens with one attached hydrogen (secondary N) is 2. The number of hydrogen-bond donors (Lipinski definition) is 2. The monoisotopic (exact) mass is 1620 g/mol. The first-order valence-electron chi connectivity index (χ1n) is 47.4. The lowest BCUT2D eigenvalue weighted by Crippen LogP contribution is -2.29. The molecule has 0 amide bonds. The molecule has 7 heterocycles. The summed E-state index contributed by atoms with van der Waals surface area (Å²) in [4.78, 5) is 18.9. The van der Waals surface area contributed by atoms with Crippen molar-refractivity contribution in [3.63, 3.8) is 0 Å². The van der Waals surface area contributed by atoms with Crippen molar-refractivity contribution >= 4 is 22.7 Å². The predicted molar refractivity (Wildman–Crippen MR) is 532 cm³/mol. The van der Waals surface area contributed by atoms with E-state index in [0.29, 0.717) is 35.5 Å². The fourth-order valence-corrected chi connectivity index (χ4v) is 12.0. The van der Waals surface area contributed by atoms with Gasteiger partial charge in [0.05, 0.1) is 5.51 Å². The molecule has 3 aliphatic carbocycles. The van der Waals surface area contributed by atoms with E-state index in [1.54, 1.807) is 17.5 Å². The van der Waals surface area contributed by atoms with E-state index >= 15 is 0 Å². The van der Waals surface area contributed by atoms with Crippen LogP contribution in [0.25, 0.3) is 0 Å². The summed E-state index contributed by atoms with van der Waals surface area (Å²) in [6.45, 7) is 98.3. The van der Waals surface area contributed by atoms with Gasteiger partial charge in [0, 0.05) is 52.6 Å². The third-order valence-corrected chi connectivity index (χ3v) is 20.5. The zero-order chi connectivity index (χ0) is 89.9. The lowest BCUT2D eigenvalue weighted by molar-refractivity contribution is 0.235. The van der Waals surface area contributed by atoms with Gasteiger partial charge in [-0.3, -0.25) is 19.9 Å². The third kappa shape index (κ3) is 87.1. The van der Waals surface area contributed by atoms with Gasteiger partial charge in [0.1, 0.15) is 0 Å². The number of thiazole rings is 1. The Kier molecular flexibility index (Phi) is 122. The van der Waals surface area contributed by atoms with Crippen molar-refractivity contribution in [3.05, 3.63) is 165 Å². The maximum atomic E-state index is 4.18. The van der Waals surface area contributed by atoms with Gasteiger partial charge in [-0.25, -0.2) is 0 Å². The van der Waals surface area contributed by atoms with Gasteiger partial charge in [-0.05, 0) is 211 Å². The van der Waals surface area contributed by atoms with E-state index in [0.717, 1.165) is 64.9 Å². The second kappa shape index (κ2) is 104. The number of benzene rings is 1. The SMILES string of the molecule is CC.CC.CC.CC.CC.CC.CC.CC.CC.CC.CC.CC(C)C1CC1.CC(C)C1CCC1.CC(C)C1CCCCC1.CC(C)C1CCNC1.CC(C)C1CCNCC1.CC(C)c1ccccc1.CC(C)c1ccccn1.CC(C)c1cccnc1.CC(C)c1cccs1.CC(C)c1ccncc1.CC(C)c1cncs1. The van der Waals surface area contributed by atoms with Crippen LogP contribution < -0.4 is 10.6 Å². The summed E-state index contributed by atoms with van der Waals surface area (Å²) in [5, 5.41) is 8.84. The number of hydrogen-bond acceptors (Lipinski definition) is 8. The van der Waals surface area contributed by atoms with Crippen molar-refractivity contribution in [1.82, 2.24) is 30.6 Å². The first kappa shape index (κ1) is 132. The summed E-state index contributed by atoms with van der Waals surface area (Å²) in [5.74, 6) is 13.6. The standard InChI is InChI=1S/C9H18.C9H12.C8H17N.3C8H11N.C7H15N.C7H10S.C7H14.C6H9NS.C6H12.11C2H6/c2*1-8(2)9-6-4-3-5-7-9;2*1-7(2)8-3-5-9-6-4-8;1-7(2)8-4-3-5-9-6-8;1-7(2)8-5-3-4-6-9-8;1-6(2)7-3-4-8-5-7;1-6(2)7-4-3-5-8-7;1-6(2)7-4-3-5-7;1-5(2)6-3-7-4-8-6;1-5(2)6-3-4-6;11*1-2/h8-9H,3-7H2,1-2H3;3-8H,1-2H3;7-9H,3-6H2,1-2H3;3*3-7H,1-2H3;6-8H,3-5H2,1-2H3;3-6H,1-2H3;6-7H,3-5H2,1-2H3;3-5H,1-2H3;5-6H,3-4H2,1-2H3;11*1-2H3. The number of nitrogens with zero attached hydrogens (tertiary/aromatic N) is 4. The molecule has 1 atom stereocenters. The van der Waals surface area contributed by atoms with Gasteiger partial charge < -0.3 is 10.6 Å². The molecule has 6 aromatic rings. The van der Waals surface area contributed by atoms with Crippen molar-refractivity contribution in [3.8, 4) is 0 Å². The van der Waals surface area contributed by atoms with Gasteiger partial charge in [0.25, 0.3) is 0 Å². The number of aromatic nitrogens is 4. The van der Waals surface area contributed by atoms with Crippen molar-refractivity contribution in [2.45, 2.75) is 424 Å². The average Bonchev–Trinajstić information content (AvgIpc) is 1.84. The van der Waals surface area contributed by atoms with Crippen molar-refractivity contribution in [2.24, 2.45) is 59.2 Å². The van der Waals surface area contributed by atoms with Gasteiger partial charge in [0.15, 0.2) is 0 Å². The van der Waals surface area contributed by atoms with Crippen LogP contribution in [0, 0.1) is 59.2 Å². The van der Waals surface area contributed by atoms with Crippen LogP contribution >= 0.6 is 22.7 Å². The van der Waals surface area contributed by atoms with E-state index < -0.39 is 0 Å². The number of pyridine rings is 3. The van der Waals surface area contributed by atoms with Crippen LogP contribution in [-0.4, -0.2) is 46.1 Å². The molecule has 6 nitrogen and oxygen atoms in total. The Morgan fingerprint density at radius 3 is 0.867 bits per heavy atom. The molecular formula is C105H206N6S2. The second-order valence-corrected chi connectivity index (χ2v) is 31.5. The first-order chi connectivity index (χ1) is 54.3. The molecule has 0 radical (unpaired) electrons. The molecule has 1 aromatic carbocycles. The summed E-state index contributed by atoms with van der Waals surface area (Å²) < 4.78 is 0. The molecule has 11 rings (SSSR count). The van der Waals surface area contributed by atoms with Gasteiger partial charge in [0.2, 0.25) is 0 Å². The Hall–Kier alpha value is -4.08. The van der Waals surface area contributed by atoms with E-state index in [4.69, 9.17) is 0 Å². The number of thiophene rings is 1. The Morgan fingerprint density at radius 2 is 0.655 bits per heavy atom. The second-order valence-electron chi connectivity index (χ2n) is 29.6. The summed E-state index contributed by atoms with van der Waals surface area (Å²) in [6, 6.07) is 28.9. The topological polar surface area (TPSA) is 75.6 Å². The van der Waals surface area contributed by atoms with Crippen LogP contribution in [0.5, 0.6) is 0 Å². The summed E-state index contributed by atoms with van der Waals surface area (Å²) >= 11 is 3.55. The number of rotatable bonds is 11. The molecule has 668 valence electrons. The molecule has 3 saturated carbocycles. The Bertz CT molecular complexity index is 2190. The molecule has 2 N–H and O–H groups in total. The smallest absolute Gasteiger partial charge is 0.0794 e. The highest BCUT2D eigenvalue weighted by Crippen LogP contribution is 2.36. The quantitative estimate of drug-likeness (QED) is 0.135. The van der Waals surface area contributed by atoms with Gasteiger partial charge >= 0.3 is 0 Å². The molecule has 1 unspecified atom stereocenters. The maximum Gasteiger partial charge on any atom is 0.0794 e. The minimum atomic E-state index is 0.547. The van der Waals surface area contributed by atoms with E-state index in [2.05, 4.69) is 231 Å². The maximum absolute atomic E-state index is 4.18. The highest BCUT2D eigenvalue weighted by molar-refractivity contribution is 7.10. The molecule has 2 saturated heterocycles. The van der Waals surface area contributed by atoms with Crippen molar-refractivity contribution in [1.29, 1.82) is 0 Å². The molecule has 5 aliphatic rings. The lowest BCUT2D eigenvalue weighted by Gasteiger charge is -2.28. The fraction of sp³-hybridized carbons (Fsp3) is 0.733. The van der Waals surface area contributed by atoms with E-state index in [1.807, 2.05) is 243 Å². The molecule has 5 fully saturated rings. The largest absolute Gasteiger partial charge is 0.317 e. The van der Waals surface area contributed by atoms with Crippen LogP contribution in [0.3, 0.4) is 0 Å². The zero-order valence-electron chi connectivity index (χ0n) is 84.6. The summed E-state index contributed by atoms with van der Waals surface area (Å²) in [6.07, 6.45) is 30.2. The lowest BCUT2D eigenvalue weighted by atomic mass is 9.78. The van der Waals surface area contributed by atoms with Crippen molar-refractivity contribution < 1.29 is 0 Å². The van der Waals surface area contributed by atoms with Gasteiger partial charge in [-0.1, -0.05) is 405 Å². The van der Waals surface area contributed by atoms with Crippen LogP contribution in [0.1, 0.15) is 456 Å². The molecule has 113 heavy (non-hydrogen) atoms.